The molecule has 0 spiro atoms. The number of halogens is 1. The van der Waals surface area contributed by atoms with Crippen molar-refractivity contribution in [2.24, 2.45) is 5.73 Å². The highest BCUT2D eigenvalue weighted by Gasteiger charge is 2.31. The topological polar surface area (TPSA) is 38.5 Å². The summed E-state index contributed by atoms with van der Waals surface area (Å²) in [5, 5.41) is 0.774. The number of rotatable bonds is 4. The van der Waals surface area contributed by atoms with E-state index in [1.807, 2.05) is 19.1 Å². The van der Waals surface area contributed by atoms with Crippen LogP contribution in [-0.2, 0) is 11.2 Å². The molecule has 2 N–H and O–H groups in total. The quantitative estimate of drug-likeness (QED) is 0.927. The zero-order valence-electron chi connectivity index (χ0n) is 12.7. The molecule has 20 heavy (non-hydrogen) atoms. The number of benzene rings is 1. The molecule has 4 heteroatoms. The summed E-state index contributed by atoms with van der Waals surface area (Å²) in [7, 11) is 1.80. The molecule has 1 saturated heterocycles. The summed E-state index contributed by atoms with van der Waals surface area (Å²) in [6.07, 6.45) is 3.09. The minimum Gasteiger partial charge on any atom is -0.377 e. The first-order valence-electron chi connectivity index (χ1n) is 7.28. The highest BCUT2D eigenvalue weighted by Crippen LogP contribution is 2.32. The van der Waals surface area contributed by atoms with Crippen molar-refractivity contribution in [2.75, 3.05) is 25.1 Å². The van der Waals surface area contributed by atoms with E-state index < -0.39 is 0 Å². The molecule has 0 aromatic heterocycles. The summed E-state index contributed by atoms with van der Waals surface area (Å²) < 4.78 is 5.68. The lowest BCUT2D eigenvalue weighted by atomic mass is 9.93. The Kier molecular flexibility index (Phi) is 4.95. The molecule has 1 aromatic rings. The van der Waals surface area contributed by atoms with E-state index in [1.54, 1.807) is 7.11 Å². The number of hydrogen-bond donors (Lipinski definition) is 1. The lowest BCUT2D eigenvalue weighted by Gasteiger charge is -2.41. The lowest BCUT2D eigenvalue weighted by Crippen LogP contribution is -2.47. The molecule has 0 aliphatic carbocycles. The second-order valence-corrected chi connectivity index (χ2v) is 6.57. The van der Waals surface area contributed by atoms with E-state index in [4.69, 9.17) is 22.1 Å². The van der Waals surface area contributed by atoms with Crippen molar-refractivity contribution in [1.29, 1.82) is 0 Å². The zero-order chi connectivity index (χ0) is 14.8. The van der Waals surface area contributed by atoms with Crippen molar-refractivity contribution in [3.8, 4) is 0 Å². The number of methoxy groups -OCH3 is 1. The van der Waals surface area contributed by atoms with Crippen molar-refractivity contribution in [3.63, 3.8) is 0 Å². The normalized spacial score (nSPS) is 24.8. The van der Waals surface area contributed by atoms with Crippen LogP contribution in [0.4, 0.5) is 5.69 Å². The summed E-state index contributed by atoms with van der Waals surface area (Å²) >= 11 is 6.14. The van der Waals surface area contributed by atoms with Gasteiger partial charge in [0, 0.05) is 37.0 Å². The van der Waals surface area contributed by atoms with Gasteiger partial charge in [-0.15, -0.1) is 0 Å². The maximum Gasteiger partial charge on any atom is 0.0825 e. The molecule has 2 unspecified atom stereocenters. The van der Waals surface area contributed by atoms with Crippen molar-refractivity contribution >= 4 is 17.3 Å². The number of nitrogens with zero attached hydrogens (tertiary/aromatic N) is 1. The standard InChI is InChI=1S/C16H25ClN2O/c1-12(18)9-13-10-14(17)5-6-15(13)19-8-4-7-16(2,11-19)20-3/h5-6,10,12H,4,7-9,11,18H2,1-3H3. The van der Waals surface area contributed by atoms with Gasteiger partial charge in [0.1, 0.15) is 0 Å². The Labute approximate surface area is 127 Å². The molecule has 0 bridgehead atoms. The van der Waals surface area contributed by atoms with Gasteiger partial charge in [-0.1, -0.05) is 11.6 Å². The molecule has 1 aliphatic rings. The molecule has 2 rings (SSSR count). The van der Waals surface area contributed by atoms with Crippen molar-refractivity contribution in [2.45, 2.75) is 44.8 Å². The Morgan fingerprint density at radius 2 is 2.25 bits per heavy atom. The lowest BCUT2D eigenvalue weighted by molar-refractivity contribution is -0.00468. The highest BCUT2D eigenvalue weighted by atomic mass is 35.5. The van der Waals surface area contributed by atoms with Crippen molar-refractivity contribution in [3.05, 3.63) is 28.8 Å². The molecular formula is C16H25ClN2O. The van der Waals surface area contributed by atoms with E-state index in [-0.39, 0.29) is 11.6 Å². The Bertz CT molecular complexity index is 464. The fourth-order valence-electron chi connectivity index (χ4n) is 2.95. The number of hydrogen-bond acceptors (Lipinski definition) is 3. The van der Waals surface area contributed by atoms with Crippen LogP contribution in [0.5, 0.6) is 0 Å². The van der Waals surface area contributed by atoms with Crippen LogP contribution in [0.3, 0.4) is 0 Å². The van der Waals surface area contributed by atoms with Gasteiger partial charge < -0.3 is 15.4 Å². The first-order chi connectivity index (χ1) is 9.43. The molecule has 0 amide bonds. The average Bonchev–Trinajstić information content (AvgIpc) is 2.38. The largest absolute Gasteiger partial charge is 0.377 e. The summed E-state index contributed by atoms with van der Waals surface area (Å²) in [5.41, 5.74) is 8.37. The van der Waals surface area contributed by atoms with E-state index in [2.05, 4.69) is 17.9 Å². The maximum atomic E-state index is 6.14. The van der Waals surface area contributed by atoms with Gasteiger partial charge in [0.15, 0.2) is 0 Å². The number of nitrogens with two attached hydrogens (primary N) is 1. The Morgan fingerprint density at radius 1 is 1.50 bits per heavy atom. The summed E-state index contributed by atoms with van der Waals surface area (Å²) in [6.45, 7) is 6.18. The fraction of sp³-hybridized carbons (Fsp3) is 0.625. The molecular weight excluding hydrogens is 272 g/mol. The Morgan fingerprint density at radius 3 is 2.90 bits per heavy atom. The van der Waals surface area contributed by atoms with Crippen LogP contribution < -0.4 is 10.6 Å². The van der Waals surface area contributed by atoms with Crippen LogP contribution in [0.2, 0.25) is 5.02 Å². The zero-order valence-corrected chi connectivity index (χ0v) is 13.4. The molecule has 2 atom stereocenters. The van der Waals surface area contributed by atoms with Gasteiger partial charge in [-0.3, -0.25) is 0 Å². The molecule has 0 saturated carbocycles. The molecule has 1 aliphatic heterocycles. The fourth-order valence-corrected chi connectivity index (χ4v) is 3.15. The third-order valence-corrected chi connectivity index (χ3v) is 4.31. The second kappa shape index (κ2) is 6.33. The number of piperidine rings is 1. The summed E-state index contributed by atoms with van der Waals surface area (Å²) in [4.78, 5) is 2.40. The monoisotopic (exact) mass is 296 g/mol. The van der Waals surface area contributed by atoms with Crippen LogP contribution in [-0.4, -0.2) is 31.8 Å². The van der Waals surface area contributed by atoms with E-state index in [1.165, 1.54) is 11.3 Å². The third kappa shape index (κ3) is 3.66. The Balaban J connectivity index is 2.27. The first-order valence-corrected chi connectivity index (χ1v) is 7.65. The van der Waals surface area contributed by atoms with Crippen LogP contribution in [0.25, 0.3) is 0 Å². The summed E-state index contributed by atoms with van der Waals surface area (Å²) in [5.74, 6) is 0. The number of ether oxygens (including phenoxy) is 1. The minimum atomic E-state index is -0.0660. The van der Waals surface area contributed by atoms with E-state index >= 15 is 0 Å². The maximum absolute atomic E-state index is 6.14. The average molecular weight is 297 g/mol. The van der Waals surface area contributed by atoms with Crippen molar-refractivity contribution < 1.29 is 4.74 Å². The smallest absolute Gasteiger partial charge is 0.0825 e. The molecule has 3 nitrogen and oxygen atoms in total. The minimum absolute atomic E-state index is 0.0660. The van der Waals surface area contributed by atoms with Crippen LogP contribution in [0.15, 0.2) is 18.2 Å². The molecule has 1 fully saturated rings. The predicted octanol–water partition coefficient (Wildman–Crippen LogP) is 3.24. The Hall–Kier alpha value is -0.770. The van der Waals surface area contributed by atoms with Gasteiger partial charge in [-0.05, 0) is 56.9 Å². The van der Waals surface area contributed by atoms with Gasteiger partial charge >= 0.3 is 0 Å². The molecule has 1 aromatic carbocycles. The molecule has 1 heterocycles. The van der Waals surface area contributed by atoms with Crippen molar-refractivity contribution in [1.82, 2.24) is 0 Å². The predicted molar refractivity (Wildman–Crippen MR) is 85.7 cm³/mol. The van der Waals surface area contributed by atoms with Gasteiger partial charge in [0.2, 0.25) is 0 Å². The van der Waals surface area contributed by atoms with Crippen LogP contribution in [0, 0.1) is 0 Å². The van der Waals surface area contributed by atoms with Crippen LogP contribution >= 0.6 is 11.6 Å². The van der Waals surface area contributed by atoms with E-state index in [0.717, 1.165) is 37.4 Å². The molecule has 112 valence electrons. The second-order valence-electron chi connectivity index (χ2n) is 6.13. The van der Waals surface area contributed by atoms with Gasteiger partial charge in [-0.2, -0.15) is 0 Å². The van der Waals surface area contributed by atoms with Gasteiger partial charge in [0.05, 0.1) is 5.60 Å². The summed E-state index contributed by atoms with van der Waals surface area (Å²) in [6, 6.07) is 6.24. The third-order valence-electron chi connectivity index (χ3n) is 4.08. The molecule has 0 radical (unpaired) electrons. The van der Waals surface area contributed by atoms with Gasteiger partial charge in [0.25, 0.3) is 0 Å². The van der Waals surface area contributed by atoms with E-state index in [0.29, 0.717) is 0 Å². The highest BCUT2D eigenvalue weighted by molar-refractivity contribution is 6.30. The SMILES string of the molecule is COC1(C)CCCN(c2ccc(Cl)cc2CC(C)N)C1. The van der Waals surface area contributed by atoms with Gasteiger partial charge in [-0.25, -0.2) is 0 Å². The van der Waals surface area contributed by atoms with Crippen LogP contribution in [0.1, 0.15) is 32.3 Å². The number of anilines is 1. The first kappa shape index (κ1) is 15.6. The van der Waals surface area contributed by atoms with E-state index in [9.17, 15) is 0 Å².